The number of carbonyl (C=O) groups is 4. The van der Waals surface area contributed by atoms with E-state index in [-0.39, 0.29) is 31.1 Å². The minimum atomic E-state index is -3.54. The number of hydroxylamine groups is 2. The maximum atomic E-state index is 13.5. The average molecular weight is 590 g/mol. The van der Waals surface area contributed by atoms with Crippen LogP contribution in [0.1, 0.15) is 57.9 Å². The Balaban J connectivity index is 1.84. The van der Waals surface area contributed by atoms with Crippen molar-refractivity contribution in [1.82, 2.24) is 15.7 Å². The molecule has 1 saturated heterocycles. The van der Waals surface area contributed by atoms with Crippen LogP contribution in [0.25, 0.3) is 10.8 Å². The molecule has 3 amide bonds. The summed E-state index contributed by atoms with van der Waals surface area (Å²) in [4.78, 5) is 56.3. The summed E-state index contributed by atoms with van der Waals surface area (Å²) in [6, 6.07) is 11.2. The van der Waals surface area contributed by atoms with Gasteiger partial charge in [0, 0.05) is 19.1 Å². The number of carboxylic acid groups (broad SMARTS) is 1. The fourth-order valence-electron chi connectivity index (χ4n) is 4.60. The molecular formula is C29H39N3O8S. The summed E-state index contributed by atoms with van der Waals surface area (Å²) >= 11 is 0. The lowest BCUT2D eigenvalue weighted by atomic mass is 10.0. The molecule has 0 aromatic heterocycles. The largest absolute Gasteiger partial charge is 0.480 e. The third-order valence-corrected chi connectivity index (χ3v) is 8.16. The zero-order valence-corrected chi connectivity index (χ0v) is 24.5. The third-order valence-electron chi connectivity index (χ3n) is 7.19. The van der Waals surface area contributed by atoms with Gasteiger partial charge in [-0.2, -0.15) is 0 Å². The van der Waals surface area contributed by atoms with Crippen LogP contribution >= 0.6 is 0 Å². The number of carbonyl (C=O) groups excluding carboxylic acids is 3. The number of hydrogen-bond donors (Lipinski definition) is 3. The Morgan fingerprint density at radius 1 is 1.17 bits per heavy atom. The van der Waals surface area contributed by atoms with Crippen LogP contribution < -0.4 is 10.6 Å². The van der Waals surface area contributed by atoms with Gasteiger partial charge in [-0.1, -0.05) is 62.7 Å². The van der Waals surface area contributed by atoms with E-state index in [4.69, 9.17) is 4.84 Å². The lowest BCUT2D eigenvalue weighted by molar-refractivity contribution is -0.233. The van der Waals surface area contributed by atoms with Crippen LogP contribution in [0, 0.1) is 5.92 Å². The van der Waals surface area contributed by atoms with Crippen LogP contribution in [0.2, 0.25) is 0 Å². The Morgan fingerprint density at radius 2 is 1.88 bits per heavy atom. The molecule has 0 radical (unpaired) electrons. The van der Waals surface area contributed by atoms with Crippen molar-refractivity contribution in [3.05, 3.63) is 48.0 Å². The number of hydrogen-bond acceptors (Lipinski definition) is 7. The quantitative estimate of drug-likeness (QED) is 0.211. The van der Waals surface area contributed by atoms with E-state index in [1.165, 1.54) is 0 Å². The SMILES string of the molecule is CC[C@H](C)CC(NC(=O)[C@@H]1CCC(=O)N1)ON(C(=O)CCc1ccc2ccccc2c1)[C@@H](CCS(C)(=O)=O)C(=O)O. The Kier molecular flexibility index (Phi) is 11.2. The maximum absolute atomic E-state index is 13.5. The van der Waals surface area contributed by atoms with Crippen molar-refractivity contribution < 1.29 is 37.5 Å². The first-order chi connectivity index (χ1) is 19.4. The minimum absolute atomic E-state index is 0.0346. The molecular weight excluding hydrogens is 550 g/mol. The molecule has 3 N–H and O–H groups in total. The molecule has 4 atom stereocenters. The fourth-order valence-corrected chi connectivity index (χ4v) is 5.25. The van der Waals surface area contributed by atoms with Gasteiger partial charge in [-0.05, 0) is 47.9 Å². The van der Waals surface area contributed by atoms with E-state index < -0.39 is 58.1 Å². The molecule has 0 saturated carbocycles. The van der Waals surface area contributed by atoms with Crippen LogP contribution in [0.4, 0.5) is 0 Å². The molecule has 1 aliphatic heterocycles. The zero-order valence-electron chi connectivity index (χ0n) is 23.7. The van der Waals surface area contributed by atoms with Crippen molar-refractivity contribution in [2.24, 2.45) is 5.92 Å². The average Bonchev–Trinajstić information content (AvgIpc) is 3.36. The molecule has 2 aromatic rings. The molecule has 2 aromatic carbocycles. The Morgan fingerprint density at radius 3 is 2.49 bits per heavy atom. The second kappa shape index (κ2) is 14.4. The van der Waals surface area contributed by atoms with Crippen molar-refractivity contribution in [2.75, 3.05) is 12.0 Å². The number of aryl methyl sites for hydroxylation is 1. The van der Waals surface area contributed by atoms with Gasteiger partial charge in [0.15, 0.2) is 12.3 Å². The first-order valence-electron chi connectivity index (χ1n) is 13.8. The molecule has 224 valence electrons. The summed E-state index contributed by atoms with van der Waals surface area (Å²) in [6.45, 7) is 3.86. The van der Waals surface area contributed by atoms with Crippen LogP contribution in [-0.2, 0) is 40.3 Å². The molecule has 1 unspecified atom stereocenters. The van der Waals surface area contributed by atoms with Gasteiger partial charge in [-0.15, -0.1) is 0 Å². The van der Waals surface area contributed by atoms with Gasteiger partial charge in [-0.25, -0.2) is 23.1 Å². The lowest BCUT2D eigenvalue weighted by Gasteiger charge is -2.33. The highest BCUT2D eigenvalue weighted by Gasteiger charge is 2.36. The highest BCUT2D eigenvalue weighted by Crippen LogP contribution is 2.20. The van der Waals surface area contributed by atoms with E-state index in [0.717, 1.165) is 34.1 Å². The monoisotopic (exact) mass is 589 g/mol. The molecule has 0 spiro atoms. The van der Waals surface area contributed by atoms with Crippen LogP contribution in [0.3, 0.4) is 0 Å². The molecule has 0 aliphatic carbocycles. The molecule has 12 heteroatoms. The summed E-state index contributed by atoms with van der Waals surface area (Å²) < 4.78 is 23.7. The van der Waals surface area contributed by atoms with Gasteiger partial charge in [0.05, 0.1) is 5.75 Å². The highest BCUT2D eigenvalue weighted by atomic mass is 32.2. The Bertz CT molecular complexity index is 1360. The molecule has 0 bridgehead atoms. The van der Waals surface area contributed by atoms with Crippen molar-refractivity contribution in [2.45, 2.75) is 77.1 Å². The highest BCUT2D eigenvalue weighted by molar-refractivity contribution is 7.90. The number of rotatable bonds is 15. The van der Waals surface area contributed by atoms with E-state index in [1.807, 2.05) is 56.3 Å². The molecule has 1 fully saturated rings. The van der Waals surface area contributed by atoms with E-state index >= 15 is 0 Å². The van der Waals surface area contributed by atoms with Crippen LogP contribution in [0.5, 0.6) is 0 Å². The zero-order chi connectivity index (χ0) is 30.2. The van der Waals surface area contributed by atoms with E-state index in [0.29, 0.717) is 12.8 Å². The van der Waals surface area contributed by atoms with Crippen molar-refractivity contribution in [1.29, 1.82) is 0 Å². The standard InChI is InChI=1S/C29H39N3O8S/c1-4-19(2)17-26(31-28(35)23-12-13-25(33)30-23)40-32(24(29(36)37)15-16-41(3,38)39)27(34)14-10-20-9-11-21-7-5-6-8-22(21)18-20/h5-9,11,18-19,23-24,26H,4,10,12-17H2,1-3H3,(H,30,33)(H,31,35)(H,36,37)/t19-,23-,24-,26?/m0/s1. The van der Waals surface area contributed by atoms with Gasteiger partial charge in [0.1, 0.15) is 15.9 Å². The topological polar surface area (TPSA) is 159 Å². The second-order valence-corrected chi connectivity index (χ2v) is 12.9. The smallest absolute Gasteiger partial charge is 0.329 e. The summed E-state index contributed by atoms with van der Waals surface area (Å²) in [5.41, 5.74) is 0.862. The first kappa shape index (κ1) is 32.0. The summed E-state index contributed by atoms with van der Waals surface area (Å²) in [6.07, 6.45) is 1.20. The van der Waals surface area contributed by atoms with Crippen molar-refractivity contribution >= 4 is 44.3 Å². The third kappa shape index (κ3) is 9.82. The number of benzene rings is 2. The van der Waals surface area contributed by atoms with Gasteiger partial charge in [0.25, 0.3) is 0 Å². The number of carboxylic acids is 1. The van der Waals surface area contributed by atoms with Crippen molar-refractivity contribution in [3.8, 4) is 0 Å². The van der Waals surface area contributed by atoms with E-state index in [1.54, 1.807) is 0 Å². The molecule has 41 heavy (non-hydrogen) atoms. The maximum Gasteiger partial charge on any atom is 0.329 e. The summed E-state index contributed by atoms with van der Waals surface area (Å²) in [5, 5.41) is 18.1. The van der Waals surface area contributed by atoms with Crippen LogP contribution in [0.15, 0.2) is 42.5 Å². The second-order valence-electron chi connectivity index (χ2n) is 10.7. The van der Waals surface area contributed by atoms with Crippen LogP contribution in [-0.4, -0.2) is 72.6 Å². The minimum Gasteiger partial charge on any atom is -0.480 e. The lowest BCUT2D eigenvalue weighted by Crippen LogP contribution is -2.53. The van der Waals surface area contributed by atoms with Gasteiger partial charge < -0.3 is 15.7 Å². The molecule has 1 heterocycles. The molecule has 11 nitrogen and oxygen atoms in total. The van der Waals surface area contributed by atoms with E-state index in [9.17, 15) is 32.7 Å². The molecule has 1 aliphatic rings. The predicted molar refractivity (Wildman–Crippen MR) is 153 cm³/mol. The van der Waals surface area contributed by atoms with Gasteiger partial charge >= 0.3 is 5.97 Å². The Labute approximate surface area is 240 Å². The predicted octanol–water partition coefficient (Wildman–Crippen LogP) is 2.58. The Hall–Kier alpha value is -3.51. The summed E-state index contributed by atoms with van der Waals surface area (Å²) in [5.74, 6) is -3.27. The number of nitrogens with zero attached hydrogens (tertiary/aromatic N) is 1. The number of nitrogens with one attached hydrogen (secondary N) is 2. The van der Waals surface area contributed by atoms with Crippen molar-refractivity contribution in [3.63, 3.8) is 0 Å². The molecule has 3 rings (SSSR count). The van der Waals surface area contributed by atoms with Gasteiger partial charge in [-0.3, -0.25) is 14.4 Å². The van der Waals surface area contributed by atoms with E-state index in [2.05, 4.69) is 10.6 Å². The fraction of sp³-hybridized carbons (Fsp3) is 0.517. The first-order valence-corrected chi connectivity index (χ1v) is 15.9. The number of sulfone groups is 1. The number of fused-ring (bicyclic) bond motifs is 1. The number of amides is 3. The summed E-state index contributed by atoms with van der Waals surface area (Å²) in [7, 11) is -3.54. The number of aliphatic carboxylic acids is 1. The van der Waals surface area contributed by atoms with Gasteiger partial charge in [0.2, 0.25) is 17.7 Å². The normalized spacial score (nSPS) is 17.4.